The molecule has 0 aromatic rings. The Morgan fingerprint density at radius 1 is 1.00 bits per heavy atom. The Kier molecular flexibility index (Phi) is 14.5. The molecule has 4 heteroatoms. The first-order valence-electron chi connectivity index (χ1n) is 15.7. The summed E-state index contributed by atoms with van der Waals surface area (Å²) in [5.41, 5.74) is 2.69. The first-order valence-corrected chi connectivity index (χ1v) is 15.7. The molecule has 0 heterocycles. The number of rotatable bonds is 16. The summed E-state index contributed by atoms with van der Waals surface area (Å²) in [5, 5.41) is 2.99. The molecule has 2 unspecified atom stereocenters. The summed E-state index contributed by atoms with van der Waals surface area (Å²) in [6.45, 7) is 11.8. The van der Waals surface area contributed by atoms with Gasteiger partial charge in [0.25, 0.3) is 0 Å². The van der Waals surface area contributed by atoms with Crippen LogP contribution < -0.4 is 5.32 Å². The van der Waals surface area contributed by atoms with Crippen molar-refractivity contribution in [2.45, 2.75) is 136 Å². The molecule has 0 saturated heterocycles. The molecule has 0 aromatic carbocycles. The minimum atomic E-state index is -0.127. The summed E-state index contributed by atoms with van der Waals surface area (Å²) in [7, 11) is 1.92. The van der Waals surface area contributed by atoms with Crippen molar-refractivity contribution in [3.63, 3.8) is 0 Å². The number of hydrogen-bond donors (Lipinski definition) is 1. The summed E-state index contributed by atoms with van der Waals surface area (Å²) < 4.78 is 0. The van der Waals surface area contributed by atoms with E-state index in [2.05, 4.69) is 64.2 Å². The van der Waals surface area contributed by atoms with Crippen molar-refractivity contribution < 1.29 is 9.59 Å². The van der Waals surface area contributed by atoms with Gasteiger partial charge < -0.3 is 10.2 Å². The molecule has 0 radical (unpaired) electrons. The van der Waals surface area contributed by atoms with Crippen LogP contribution in [-0.4, -0.2) is 35.8 Å². The lowest BCUT2D eigenvalue weighted by molar-refractivity contribution is -0.142. The van der Waals surface area contributed by atoms with E-state index >= 15 is 0 Å². The van der Waals surface area contributed by atoms with E-state index in [0.29, 0.717) is 6.54 Å². The smallest absolute Gasteiger partial charge is 0.232 e. The lowest BCUT2D eigenvalue weighted by Gasteiger charge is -2.51. The molecule has 2 amide bonds. The van der Waals surface area contributed by atoms with Crippen LogP contribution in [0.25, 0.3) is 0 Å². The van der Waals surface area contributed by atoms with Crippen LogP contribution in [0.1, 0.15) is 131 Å². The van der Waals surface area contributed by atoms with Crippen LogP contribution in [0, 0.1) is 17.8 Å². The highest BCUT2D eigenvalue weighted by Gasteiger charge is 2.44. The van der Waals surface area contributed by atoms with E-state index in [1.54, 1.807) is 0 Å². The van der Waals surface area contributed by atoms with Crippen molar-refractivity contribution in [3.8, 4) is 0 Å². The number of hydrogen-bond acceptors (Lipinski definition) is 2. The molecular formula is C34H58N2O2. The average Bonchev–Trinajstić information content (AvgIpc) is 2.84. The molecule has 216 valence electrons. The van der Waals surface area contributed by atoms with Gasteiger partial charge in [0.15, 0.2) is 0 Å². The summed E-state index contributed by atoms with van der Waals surface area (Å²) in [5.74, 6) is 2.12. The summed E-state index contributed by atoms with van der Waals surface area (Å²) in [6.07, 6.45) is 25.6. The SMILES string of the molecule is C\C=C/C(C)=C\C(=C/CCCCCCNC(=O)CC(=O)N(C)C1(C)CC2CC(C)CC(C2)C1)CCCCC. The molecule has 38 heavy (non-hydrogen) atoms. The van der Waals surface area contributed by atoms with Gasteiger partial charge in [0, 0.05) is 19.1 Å². The Labute approximate surface area is 234 Å². The van der Waals surface area contributed by atoms with Gasteiger partial charge in [0.2, 0.25) is 11.8 Å². The molecule has 2 atom stereocenters. The number of amides is 2. The van der Waals surface area contributed by atoms with Gasteiger partial charge in [0.1, 0.15) is 6.42 Å². The lowest BCUT2D eigenvalue weighted by Crippen LogP contribution is -2.53. The maximum atomic E-state index is 12.9. The zero-order valence-corrected chi connectivity index (χ0v) is 25.6. The molecule has 2 aliphatic carbocycles. The van der Waals surface area contributed by atoms with Crippen molar-refractivity contribution in [1.29, 1.82) is 0 Å². The summed E-state index contributed by atoms with van der Waals surface area (Å²) in [4.78, 5) is 27.3. The predicted molar refractivity (Wildman–Crippen MR) is 162 cm³/mol. The third-order valence-corrected chi connectivity index (χ3v) is 8.86. The first-order chi connectivity index (χ1) is 18.2. The second-order valence-corrected chi connectivity index (χ2v) is 12.8. The van der Waals surface area contributed by atoms with Crippen LogP contribution in [0.4, 0.5) is 0 Å². The van der Waals surface area contributed by atoms with Gasteiger partial charge in [-0.2, -0.15) is 0 Å². The van der Waals surface area contributed by atoms with Gasteiger partial charge in [-0.3, -0.25) is 9.59 Å². The first kappa shape index (κ1) is 32.4. The van der Waals surface area contributed by atoms with Gasteiger partial charge in [-0.05, 0) is 103 Å². The Bertz CT molecular complexity index is 806. The van der Waals surface area contributed by atoms with Crippen LogP contribution in [0.2, 0.25) is 0 Å². The number of fused-ring (bicyclic) bond motifs is 2. The zero-order valence-electron chi connectivity index (χ0n) is 25.6. The van der Waals surface area contributed by atoms with Crippen molar-refractivity contribution >= 4 is 11.8 Å². The monoisotopic (exact) mass is 526 g/mol. The summed E-state index contributed by atoms with van der Waals surface area (Å²) in [6, 6.07) is 0. The molecule has 2 saturated carbocycles. The number of nitrogens with zero attached hydrogens (tertiary/aromatic N) is 1. The van der Waals surface area contributed by atoms with Crippen molar-refractivity contribution in [1.82, 2.24) is 10.2 Å². The average molecular weight is 527 g/mol. The normalized spacial score (nSPS) is 26.0. The van der Waals surface area contributed by atoms with Crippen LogP contribution in [0.5, 0.6) is 0 Å². The second kappa shape index (κ2) is 17.0. The van der Waals surface area contributed by atoms with Gasteiger partial charge in [-0.15, -0.1) is 0 Å². The molecule has 1 N–H and O–H groups in total. The van der Waals surface area contributed by atoms with E-state index in [-0.39, 0.29) is 23.8 Å². The van der Waals surface area contributed by atoms with Gasteiger partial charge in [-0.25, -0.2) is 0 Å². The van der Waals surface area contributed by atoms with Gasteiger partial charge >= 0.3 is 0 Å². The molecule has 2 aliphatic rings. The Hall–Kier alpha value is -1.84. The molecule has 4 nitrogen and oxygen atoms in total. The fourth-order valence-corrected chi connectivity index (χ4v) is 7.01. The highest BCUT2D eigenvalue weighted by Crippen LogP contribution is 2.48. The number of allylic oxidation sites excluding steroid dienone is 6. The molecule has 2 rings (SSSR count). The van der Waals surface area contributed by atoms with Crippen LogP contribution >= 0.6 is 0 Å². The predicted octanol–water partition coefficient (Wildman–Crippen LogP) is 8.54. The highest BCUT2D eigenvalue weighted by molar-refractivity contribution is 5.97. The van der Waals surface area contributed by atoms with E-state index in [0.717, 1.165) is 49.9 Å². The van der Waals surface area contributed by atoms with Crippen LogP contribution in [-0.2, 0) is 9.59 Å². The molecule has 0 aliphatic heterocycles. The minimum Gasteiger partial charge on any atom is -0.356 e. The fraction of sp³-hybridized carbons (Fsp3) is 0.765. The molecule has 2 fully saturated rings. The quantitative estimate of drug-likeness (QED) is 0.124. The van der Waals surface area contributed by atoms with Crippen LogP contribution in [0.3, 0.4) is 0 Å². The highest BCUT2D eigenvalue weighted by atomic mass is 16.2. The number of unbranched alkanes of at least 4 members (excludes halogenated alkanes) is 6. The molecule has 0 spiro atoms. The molecule has 0 aromatic heterocycles. The molecule has 2 bridgehead atoms. The third kappa shape index (κ3) is 11.5. The largest absolute Gasteiger partial charge is 0.356 e. The topological polar surface area (TPSA) is 49.4 Å². The standard InChI is InChI=1S/C34H58N2O2/c1-7-9-13-17-29(20-27(3)16-8-2)18-14-11-10-12-15-19-35-32(37)24-33(38)36(6)34(5)25-30-21-28(4)22-31(23-30)26-34/h8,16,18,20,28,30-31H,7,9-15,17,19,21-26H2,1-6H3,(H,35,37)/b16-8-,27-20-,29-18-. The van der Waals surface area contributed by atoms with E-state index in [1.165, 1.54) is 68.9 Å². The lowest BCUT2D eigenvalue weighted by atomic mass is 9.62. The van der Waals surface area contributed by atoms with Crippen molar-refractivity contribution in [2.75, 3.05) is 13.6 Å². The van der Waals surface area contributed by atoms with Crippen molar-refractivity contribution in [3.05, 3.63) is 35.5 Å². The van der Waals surface area contributed by atoms with Crippen LogP contribution in [0.15, 0.2) is 35.5 Å². The third-order valence-electron chi connectivity index (χ3n) is 8.86. The Morgan fingerprint density at radius 2 is 1.68 bits per heavy atom. The zero-order chi connectivity index (χ0) is 28.0. The van der Waals surface area contributed by atoms with E-state index in [9.17, 15) is 9.59 Å². The van der Waals surface area contributed by atoms with Crippen molar-refractivity contribution in [2.24, 2.45) is 17.8 Å². The van der Waals surface area contributed by atoms with E-state index in [1.807, 2.05) is 11.9 Å². The maximum Gasteiger partial charge on any atom is 0.232 e. The number of carbonyl (C=O) groups excluding carboxylic acids is 2. The summed E-state index contributed by atoms with van der Waals surface area (Å²) >= 11 is 0. The van der Waals surface area contributed by atoms with E-state index in [4.69, 9.17) is 0 Å². The second-order valence-electron chi connectivity index (χ2n) is 12.8. The van der Waals surface area contributed by atoms with Gasteiger partial charge in [0.05, 0.1) is 0 Å². The fourth-order valence-electron chi connectivity index (χ4n) is 7.01. The molecular weight excluding hydrogens is 468 g/mol. The minimum absolute atomic E-state index is 0.0242. The Balaban J connectivity index is 1.64. The van der Waals surface area contributed by atoms with E-state index < -0.39 is 0 Å². The maximum absolute atomic E-state index is 12.9. The number of nitrogens with one attached hydrogen (secondary N) is 1. The Morgan fingerprint density at radius 3 is 2.34 bits per heavy atom. The number of carbonyl (C=O) groups is 2. The van der Waals surface area contributed by atoms with Gasteiger partial charge in [-0.1, -0.05) is 75.0 Å².